The molecule has 3 aromatic rings. The second-order valence-corrected chi connectivity index (χ2v) is 6.02. The number of ether oxygens (including phenoxy) is 1. The van der Waals surface area contributed by atoms with Crippen LogP contribution in [0.5, 0.6) is 5.75 Å². The first-order valence-corrected chi connectivity index (χ1v) is 7.76. The van der Waals surface area contributed by atoms with Gasteiger partial charge in [0.2, 0.25) is 5.13 Å². The van der Waals surface area contributed by atoms with Crippen molar-refractivity contribution in [3.05, 3.63) is 52.3 Å². The van der Waals surface area contributed by atoms with Crippen molar-refractivity contribution in [1.82, 2.24) is 20.0 Å². The highest BCUT2D eigenvalue weighted by Crippen LogP contribution is 2.22. The van der Waals surface area contributed by atoms with Crippen LogP contribution in [-0.2, 0) is 13.2 Å². The molecular formula is C15H17N5OS. The van der Waals surface area contributed by atoms with Gasteiger partial charge < -0.3 is 10.5 Å². The van der Waals surface area contributed by atoms with E-state index >= 15 is 0 Å². The third-order valence-corrected chi connectivity index (χ3v) is 4.40. The lowest BCUT2D eigenvalue weighted by Gasteiger charge is -2.07. The maximum absolute atomic E-state index is 5.81. The van der Waals surface area contributed by atoms with E-state index < -0.39 is 0 Å². The molecule has 6 nitrogen and oxygen atoms in total. The second kappa shape index (κ2) is 6.25. The minimum absolute atomic E-state index is 0.316. The van der Waals surface area contributed by atoms with Crippen LogP contribution in [0, 0.1) is 13.8 Å². The molecule has 0 amide bonds. The first kappa shape index (κ1) is 14.7. The smallest absolute Gasteiger partial charge is 0.212 e. The number of nitrogens with two attached hydrogens (primary N) is 1. The number of aromatic nitrogens is 4. The maximum atomic E-state index is 5.81. The van der Waals surface area contributed by atoms with Crippen LogP contribution in [0.3, 0.4) is 0 Å². The highest BCUT2D eigenvalue weighted by molar-refractivity contribution is 7.14. The summed E-state index contributed by atoms with van der Waals surface area (Å²) in [5, 5.41) is 9.10. The fourth-order valence-electron chi connectivity index (χ4n) is 2.00. The summed E-state index contributed by atoms with van der Waals surface area (Å²) >= 11 is 1.58. The largest absolute Gasteiger partial charge is 0.487 e. The van der Waals surface area contributed by atoms with Crippen LogP contribution < -0.4 is 10.5 Å². The Morgan fingerprint density at radius 2 is 2.00 bits per heavy atom. The van der Waals surface area contributed by atoms with Gasteiger partial charge >= 0.3 is 0 Å². The molecule has 0 unspecified atom stereocenters. The maximum Gasteiger partial charge on any atom is 0.212 e. The predicted molar refractivity (Wildman–Crippen MR) is 85.2 cm³/mol. The highest BCUT2D eigenvalue weighted by Gasteiger charge is 2.17. The zero-order chi connectivity index (χ0) is 15.5. The minimum Gasteiger partial charge on any atom is -0.487 e. The van der Waals surface area contributed by atoms with Crippen LogP contribution in [0.4, 0.5) is 0 Å². The van der Waals surface area contributed by atoms with Gasteiger partial charge in [0.15, 0.2) is 0 Å². The molecule has 2 aromatic heterocycles. The number of benzene rings is 1. The van der Waals surface area contributed by atoms with Crippen molar-refractivity contribution in [1.29, 1.82) is 0 Å². The third kappa shape index (κ3) is 2.86. The number of aryl methyl sites for hydroxylation is 2. The molecule has 0 saturated carbocycles. The van der Waals surface area contributed by atoms with Crippen LogP contribution in [0.2, 0.25) is 0 Å². The summed E-state index contributed by atoms with van der Waals surface area (Å²) in [7, 11) is 0. The van der Waals surface area contributed by atoms with E-state index in [2.05, 4.69) is 15.3 Å². The Bertz CT molecular complexity index is 746. The lowest BCUT2D eigenvalue weighted by Crippen LogP contribution is -2.09. The summed E-state index contributed by atoms with van der Waals surface area (Å²) in [6, 6.07) is 9.64. The number of thiazole rings is 1. The monoisotopic (exact) mass is 315 g/mol. The molecular weight excluding hydrogens is 298 g/mol. The summed E-state index contributed by atoms with van der Waals surface area (Å²) < 4.78 is 7.53. The van der Waals surface area contributed by atoms with Gasteiger partial charge in [-0.2, -0.15) is 4.68 Å². The lowest BCUT2D eigenvalue weighted by molar-refractivity contribution is 0.296. The SMILES string of the molecule is Cc1nc(-n2nnc(CN)c2COc2ccccc2)sc1C. The van der Waals surface area contributed by atoms with E-state index in [1.165, 1.54) is 0 Å². The molecule has 0 spiro atoms. The number of hydrogen-bond acceptors (Lipinski definition) is 6. The summed E-state index contributed by atoms with van der Waals surface area (Å²) in [4.78, 5) is 5.69. The van der Waals surface area contributed by atoms with Gasteiger partial charge in [-0.1, -0.05) is 34.7 Å². The average Bonchev–Trinajstić information content (AvgIpc) is 3.09. The first-order chi connectivity index (χ1) is 10.7. The van der Waals surface area contributed by atoms with Gasteiger partial charge in [-0.05, 0) is 26.0 Å². The van der Waals surface area contributed by atoms with Crippen molar-refractivity contribution in [3.63, 3.8) is 0 Å². The second-order valence-electron chi connectivity index (χ2n) is 4.84. The molecule has 0 fully saturated rings. The number of rotatable bonds is 5. The number of para-hydroxylation sites is 1. The van der Waals surface area contributed by atoms with Crippen LogP contribution in [-0.4, -0.2) is 20.0 Å². The summed E-state index contributed by atoms with van der Waals surface area (Å²) in [5.41, 5.74) is 8.31. The van der Waals surface area contributed by atoms with Crippen molar-refractivity contribution in [3.8, 4) is 10.9 Å². The molecule has 0 bridgehead atoms. The Morgan fingerprint density at radius 1 is 1.23 bits per heavy atom. The van der Waals surface area contributed by atoms with Crippen LogP contribution in [0.1, 0.15) is 22.0 Å². The molecule has 0 saturated heterocycles. The Hall–Kier alpha value is -2.25. The molecule has 22 heavy (non-hydrogen) atoms. The van der Waals surface area contributed by atoms with E-state index in [-0.39, 0.29) is 0 Å². The average molecular weight is 315 g/mol. The molecule has 0 radical (unpaired) electrons. The van der Waals surface area contributed by atoms with Crippen molar-refractivity contribution in [2.24, 2.45) is 5.73 Å². The van der Waals surface area contributed by atoms with E-state index in [0.717, 1.165) is 32.8 Å². The number of nitrogens with zero attached hydrogens (tertiary/aromatic N) is 4. The van der Waals surface area contributed by atoms with Gasteiger partial charge in [-0.3, -0.25) is 0 Å². The molecule has 3 rings (SSSR count). The van der Waals surface area contributed by atoms with Gasteiger partial charge in [0.1, 0.15) is 23.7 Å². The van der Waals surface area contributed by atoms with Gasteiger partial charge in [0.25, 0.3) is 0 Å². The van der Waals surface area contributed by atoms with Gasteiger partial charge in [0.05, 0.1) is 5.69 Å². The third-order valence-electron chi connectivity index (χ3n) is 3.35. The van der Waals surface area contributed by atoms with Crippen molar-refractivity contribution >= 4 is 11.3 Å². The van der Waals surface area contributed by atoms with Crippen LogP contribution in [0.15, 0.2) is 30.3 Å². The van der Waals surface area contributed by atoms with Crippen molar-refractivity contribution in [2.45, 2.75) is 27.0 Å². The molecule has 1 aromatic carbocycles. The van der Waals surface area contributed by atoms with Crippen LogP contribution in [0.25, 0.3) is 5.13 Å². The zero-order valence-electron chi connectivity index (χ0n) is 12.5. The Morgan fingerprint density at radius 3 is 2.64 bits per heavy atom. The topological polar surface area (TPSA) is 78.9 Å². The summed E-state index contributed by atoms with van der Waals surface area (Å²) in [6.45, 7) is 4.69. The summed E-state index contributed by atoms with van der Waals surface area (Å²) in [5.74, 6) is 0.796. The normalized spacial score (nSPS) is 10.9. The predicted octanol–water partition coefficient (Wildman–Crippen LogP) is 2.38. The van der Waals surface area contributed by atoms with E-state index in [0.29, 0.717) is 13.2 Å². The molecule has 2 heterocycles. The molecule has 0 atom stereocenters. The van der Waals surface area contributed by atoms with E-state index in [9.17, 15) is 0 Å². The minimum atomic E-state index is 0.316. The standard InChI is InChI=1S/C15H17N5OS/c1-10-11(2)22-15(17-10)20-14(13(8-16)18-19-20)9-21-12-6-4-3-5-7-12/h3-7H,8-9,16H2,1-2H3. The Labute approximate surface area is 132 Å². The molecule has 0 aliphatic heterocycles. The fraction of sp³-hybridized carbons (Fsp3) is 0.267. The van der Waals surface area contributed by atoms with Crippen LogP contribution >= 0.6 is 11.3 Å². The van der Waals surface area contributed by atoms with Gasteiger partial charge in [-0.25, -0.2) is 4.98 Å². The molecule has 114 valence electrons. The Kier molecular flexibility index (Phi) is 4.17. The van der Waals surface area contributed by atoms with Gasteiger partial charge in [-0.15, -0.1) is 5.10 Å². The fourth-order valence-corrected chi connectivity index (χ4v) is 2.89. The lowest BCUT2D eigenvalue weighted by atomic mass is 10.3. The quantitative estimate of drug-likeness (QED) is 0.782. The number of hydrogen-bond donors (Lipinski definition) is 1. The first-order valence-electron chi connectivity index (χ1n) is 6.95. The Balaban J connectivity index is 1.90. The van der Waals surface area contributed by atoms with Crippen molar-refractivity contribution in [2.75, 3.05) is 0 Å². The highest BCUT2D eigenvalue weighted by atomic mass is 32.1. The van der Waals surface area contributed by atoms with E-state index in [4.69, 9.17) is 10.5 Å². The van der Waals surface area contributed by atoms with E-state index in [1.807, 2.05) is 44.2 Å². The molecule has 2 N–H and O–H groups in total. The van der Waals surface area contributed by atoms with E-state index in [1.54, 1.807) is 16.0 Å². The molecule has 7 heteroatoms. The van der Waals surface area contributed by atoms with Gasteiger partial charge in [0, 0.05) is 11.4 Å². The zero-order valence-corrected chi connectivity index (χ0v) is 13.3. The molecule has 0 aliphatic rings. The summed E-state index contributed by atoms with van der Waals surface area (Å²) in [6.07, 6.45) is 0. The molecule has 0 aliphatic carbocycles. The van der Waals surface area contributed by atoms with Crippen molar-refractivity contribution < 1.29 is 4.74 Å².